The molecule has 11 nitrogen and oxygen atoms in total. The molecule has 208 valence electrons. The van der Waals surface area contributed by atoms with Gasteiger partial charge in [0.25, 0.3) is 5.69 Å². The molecular formula is C29H23ClN4O7. The second-order valence-electron chi connectivity index (χ2n) is 8.79. The fraction of sp³-hybridized carbons (Fsp3) is 0.138. The van der Waals surface area contributed by atoms with Gasteiger partial charge < -0.3 is 19.9 Å². The van der Waals surface area contributed by atoms with Gasteiger partial charge >= 0.3 is 11.9 Å². The lowest BCUT2D eigenvalue weighted by Gasteiger charge is -2.35. The number of nitrogens with zero attached hydrogens (tertiary/aromatic N) is 3. The van der Waals surface area contributed by atoms with Gasteiger partial charge in [0.15, 0.2) is 0 Å². The van der Waals surface area contributed by atoms with Crippen molar-refractivity contribution in [1.29, 1.82) is 5.26 Å². The number of nitro groups is 1. The number of esters is 2. The Morgan fingerprint density at radius 3 is 2.32 bits per heavy atom. The van der Waals surface area contributed by atoms with Gasteiger partial charge in [-0.2, -0.15) is 5.26 Å². The maximum atomic E-state index is 13.3. The van der Waals surface area contributed by atoms with Crippen molar-refractivity contribution in [2.45, 2.75) is 12.8 Å². The van der Waals surface area contributed by atoms with Crippen molar-refractivity contribution in [2.24, 2.45) is 5.73 Å². The van der Waals surface area contributed by atoms with Crippen LogP contribution in [0, 0.1) is 28.4 Å². The number of aryl methyl sites for hydroxylation is 1. The van der Waals surface area contributed by atoms with Crippen LogP contribution in [0.4, 0.5) is 11.4 Å². The number of hydrogen-bond acceptors (Lipinski definition) is 10. The molecule has 1 aliphatic rings. The summed E-state index contributed by atoms with van der Waals surface area (Å²) in [5.41, 5.74) is 6.49. The number of methoxy groups -OCH3 is 2. The summed E-state index contributed by atoms with van der Waals surface area (Å²) in [4.78, 5) is 38.9. The van der Waals surface area contributed by atoms with E-state index in [1.165, 1.54) is 12.1 Å². The minimum atomic E-state index is -1.09. The van der Waals surface area contributed by atoms with E-state index < -0.39 is 28.5 Å². The molecule has 3 aromatic rings. The Hall–Kier alpha value is -5.34. The Bertz CT molecular complexity index is 1660. The van der Waals surface area contributed by atoms with E-state index in [2.05, 4.69) is 0 Å². The van der Waals surface area contributed by atoms with E-state index in [0.29, 0.717) is 21.9 Å². The SMILES string of the molecule is COC(=O)C1=C(C(=O)OC)N(c2cc(Oc3ccc(Cl)cc3C)cc([N+](=O)[O-])c2)C(N)=C(C#N)C1c1ccccc1. The monoisotopic (exact) mass is 574 g/mol. The van der Waals surface area contributed by atoms with Crippen LogP contribution in [0.3, 0.4) is 0 Å². The lowest BCUT2D eigenvalue weighted by atomic mass is 9.81. The predicted molar refractivity (Wildman–Crippen MR) is 149 cm³/mol. The quantitative estimate of drug-likeness (QED) is 0.224. The van der Waals surface area contributed by atoms with E-state index in [1.807, 2.05) is 6.07 Å². The van der Waals surface area contributed by atoms with Gasteiger partial charge in [-0.15, -0.1) is 0 Å². The molecule has 0 bridgehead atoms. The second-order valence-corrected chi connectivity index (χ2v) is 9.23. The number of carbonyl (C=O) groups is 2. The molecule has 1 atom stereocenters. The number of benzene rings is 3. The number of non-ortho nitro benzene ring substituents is 1. The maximum Gasteiger partial charge on any atom is 0.355 e. The zero-order valence-corrected chi connectivity index (χ0v) is 22.8. The summed E-state index contributed by atoms with van der Waals surface area (Å²) in [6.07, 6.45) is 0. The maximum absolute atomic E-state index is 13.3. The van der Waals surface area contributed by atoms with E-state index in [0.717, 1.165) is 25.2 Å². The van der Waals surface area contributed by atoms with Crippen LogP contribution in [0.15, 0.2) is 89.4 Å². The third kappa shape index (κ3) is 5.54. The number of ether oxygens (including phenoxy) is 3. The smallest absolute Gasteiger partial charge is 0.355 e. The first-order valence-corrected chi connectivity index (χ1v) is 12.4. The van der Waals surface area contributed by atoms with E-state index in [1.54, 1.807) is 55.5 Å². The number of anilines is 1. The molecule has 0 aliphatic carbocycles. The number of hydrogen-bond donors (Lipinski definition) is 1. The molecule has 2 N–H and O–H groups in total. The van der Waals surface area contributed by atoms with Crippen molar-refractivity contribution in [2.75, 3.05) is 19.1 Å². The largest absolute Gasteiger partial charge is 0.466 e. The van der Waals surface area contributed by atoms with E-state index in [-0.39, 0.29) is 34.1 Å². The highest BCUT2D eigenvalue weighted by molar-refractivity contribution is 6.30. The first-order valence-electron chi connectivity index (χ1n) is 12.0. The lowest BCUT2D eigenvalue weighted by molar-refractivity contribution is -0.384. The zero-order valence-electron chi connectivity index (χ0n) is 22.1. The van der Waals surface area contributed by atoms with Crippen LogP contribution >= 0.6 is 11.6 Å². The van der Waals surface area contributed by atoms with E-state index >= 15 is 0 Å². The normalized spacial score (nSPS) is 14.8. The van der Waals surface area contributed by atoms with Crippen molar-refractivity contribution in [3.05, 3.63) is 116 Å². The number of nitrogens with two attached hydrogens (primary N) is 1. The van der Waals surface area contributed by atoms with Gasteiger partial charge in [0.2, 0.25) is 0 Å². The Kier molecular flexibility index (Phi) is 8.26. The third-order valence-corrected chi connectivity index (χ3v) is 6.56. The Morgan fingerprint density at radius 1 is 1.05 bits per heavy atom. The lowest BCUT2D eigenvalue weighted by Crippen LogP contribution is -2.40. The highest BCUT2D eigenvalue weighted by atomic mass is 35.5. The summed E-state index contributed by atoms with van der Waals surface area (Å²) in [6, 6.07) is 19.0. The van der Waals surface area contributed by atoms with E-state index in [9.17, 15) is 25.0 Å². The minimum absolute atomic E-state index is 0.0138. The number of carbonyl (C=O) groups excluding carboxylic acids is 2. The topological polar surface area (TPSA) is 158 Å². The standard InChI is InChI=1S/C29H23ClN4O7/c1-16-11-18(30)9-10-23(16)41-21-13-19(12-20(14-21)34(37)38)33-26(29(36)40-3)25(28(35)39-2)24(22(15-31)27(33)32)17-7-5-4-6-8-17/h4-14,24H,32H2,1-3H3. The van der Waals surface area contributed by atoms with Crippen molar-refractivity contribution >= 4 is 34.9 Å². The fourth-order valence-electron chi connectivity index (χ4n) is 4.50. The summed E-state index contributed by atoms with van der Waals surface area (Å²) in [6.45, 7) is 1.74. The summed E-state index contributed by atoms with van der Waals surface area (Å²) >= 11 is 6.04. The average molecular weight is 575 g/mol. The molecule has 1 aliphatic heterocycles. The summed E-state index contributed by atoms with van der Waals surface area (Å²) in [5.74, 6) is -2.88. The van der Waals surface area contributed by atoms with Crippen molar-refractivity contribution in [3.63, 3.8) is 0 Å². The Balaban J connectivity index is 2.02. The molecule has 3 aromatic carbocycles. The summed E-state index contributed by atoms with van der Waals surface area (Å²) in [7, 11) is 2.23. The van der Waals surface area contributed by atoms with Crippen LogP contribution in [0.1, 0.15) is 17.0 Å². The highest BCUT2D eigenvalue weighted by Crippen LogP contribution is 2.44. The van der Waals surface area contributed by atoms with Gasteiger partial charge in [0.1, 0.15) is 23.0 Å². The first kappa shape index (κ1) is 28.7. The molecular weight excluding hydrogens is 552 g/mol. The van der Waals surface area contributed by atoms with Gasteiger partial charge in [-0.05, 0) is 36.2 Å². The van der Waals surface area contributed by atoms with Crippen molar-refractivity contribution in [3.8, 4) is 17.6 Å². The summed E-state index contributed by atoms with van der Waals surface area (Å²) in [5, 5.41) is 22.6. The van der Waals surface area contributed by atoms with Crippen molar-refractivity contribution in [1.82, 2.24) is 0 Å². The number of rotatable bonds is 7. The molecule has 0 saturated heterocycles. The van der Waals surface area contributed by atoms with Crippen LogP contribution in [-0.2, 0) is 19.1 Å². The molecule has 1 heterocycles. The molecule has 0 radical (unpaired) electrons. The predicted octanol–water partition coefficient (Wildman–Crippen LogP) is 5.25. The number of nitro benzene ring substituents is 1. The number of halogens is 1. The fourth-order valence-corrected chi connectivity index (χ4v) is 4.72. The molecule has 0 fully saturated rings. The van der Waals surface area contributed by atoms with Gasteiger partial charge in [0, 0.05) is 17.2 Å². The Morgan fingerprint density at radius 2 is 1.73 bits per heavy atom. The molecule has 41 heavy (non-hydrogen) atoms. The van der Waals surface area contributed by atoms with Gasteiger partial charge in [-0.25, -0.2) is 9.59 Å². The van der Waals surface area contributed by atoms with Crippen LogP contribution in [-0.4, -0.2) is 31.1 Å². The molecule has 0 amide bonds. The minimum Gasteiger partial charge on any atom is -0.466 e. The summed E-state index contributed by atoms with van der Waals surface area (Å²) < 4.78 is 16.0. The van der Waals surface area contributed by atoms with Crippen LogP contribution < -0.4 is 15.4 Å². The molecule has 4 rings (SSSR count). The molecule has 0 saturated carbocycles. The Labute approximate surface area is 239 Å². The van der Waals surface area contributed by atoms with Crippen LogP contribution in [0.25, 0.3) is 0 Å². The van der Waals surface area contributed by atoms with Crippen LogP contribution in [0.2, 0.25) is 5.02 Å². The molecule has 0 aromatic heterocycles. The van der Waals surface area contributed by atoms with Gasteiger partial charge in [0.05, 0.1) is 54.0 Å². The van der Waals surface area contributed by atoms with Crippen LogP contribution in [0.5, 0.6) is 11.5 Å². The van der Waals surface area contributed by atoms with Gasteiger partial charge in [-0.3, -0.25) is 15.0 Å². The molecule has 1 unspecified atom stereocenters. The highest BCUT2D eigenvalue weighted by Gasteiger charge is 2.43. The number of allylic oxidation sites excluding steroid dienone is 1. The van der Waals surface area contributed by atoms with Crippen molar-refractivity contribution < 1.29 is 28.7 Å². The molecule has 12 heteroatoms. The second kappa shape index (κ2) is 11.8. The number of nitriles is 1. The van der Waals surface area contributed by atoms with E-state index in [4.69, 9.17) is 31.5 Å². The third-order valence-electron chi connectivity index (χ3n) is 6.32. The van der Waals surface area contributed by atoms with Gasteiger partial charge in [-0.1, -0.05) is 41.9 Å². The molecule has 0 spiro atoms. The first-order chi connectivity index (χ1) is 19.6. The average Bonchev–Trinajstić information content (AvgIpc) is 2.97. The zero-order chi connectivity index (χ0) is 29.8.